The number of carbonyl (C=O) groups excluding carboxylic acids is 1. The van der Waals surface area contributed by atoms with Crippen LogP contribution in [0.1, 0.15) is 12.0 Å². The molecule has 1 N–H and O–H groups in total. The number of amides is 1. The first kappa shape index (κ1) is 13.3. The molecule has 0 radical (unpaired) electrons. The number of hydrogen-bond acceptors (Lipinski definition) is 4. The quantitative estimate of drug-likeness (QED) is 0.816. The van der Waals surface area contributed by atoms with Gasteiger partial charge >= 0.3 is 0 Å². The third-order valence-electron chi connectivity index (χ3n) is 1.90. The van der Waals surface area contributed by atoms with E-state index in [2.05, 4.69) is 38.9 Å². The lowest BCUT2D eigenvalue weighted by atomic mass is 10.2. The molecule has 0 spiro atoms. The molecule has 0 atom stereocenters. The molecular weight excluding hydrogens is 292 g/mol. The van der Waals surface area contributed by atoms with Crippen molar-refractivity contribution in [3.8, 4) is 5.88 Å². The third kappa shape index (κ3) is 4.02. The number of rotatable bonds is 5. The molecule has 0 saturated heterocycles. The molecule has 0 fully saturated rings. The maximum atomic E-state index is 11.3. The van der Waals surface area contributed by atoms with Gasteiger partial charge in [0.25, 0.3) is 0 Å². The zero-order valence-corrected chi connectivity index (χ0v) is 11.3. The SMILES string of the molecule is COc1ncc(Br)cc1CNC(=O)CCS. The number of carbonyl (C=O) groups is 1. The molecule has 88 valence electrons. The van der Waals surface area contributed by atoms with E-state index >= 15 is 0 Å². The van der Waals surface area contributed by atoms with Crippen LogP contribution in [0.2, 0.25) is 0 Å². The van der Waals surface area contributed by atoms with Gasteiger partial charge in [0.05, 0.1) is 7.11 Å². The van der Waals surface area contributed by atoms with Crippen molar-refractivity contribution in [2.75, 3.05) is 12.9 Å². The molecular formula is C10H13BrN2O2S. The Balaban J connectivity index is 2.65. The van der Waals surface area contributed by atoms with E-state index in [4.69, 9.17) is 4.74 Å². The van der Waals surface area contributed by atoms with E-state index in [0.717, 1.165) is 10.0 Å². The van der Waals surface area contributed by atoms with Gasteiger partial charge in [-0.05, 0) is 27.7 Å². The van der Waals surface area contributed by atoms with Gasteiger partial charge in [-0.15, -0.1) is 0 Å². The van der Waals surface area contributed by atoms with Gasteiger partial charge in [0, 0.05) is 29.2 Å². The van der Waals surface area contributed by atoms with Crippen LogP contribution in [-0.2, 0) is 11.3 Å². The second-order valence-corrected chi connectivity index (χ2v) is 4.44. The van der Waals surface area contributed by atoms with E-state index in [1.807, 2.05) is 6.07 Å². The summed E-state index contributed by atoms with van der Waals surface area (Å²) in [7, 11) is 1.55. The summed E-state index contributed by atoms with van der Waals surface area (Å²) >= 11 is 7.31. The second kappa shape index (κ2) is 6.75. The Morgan fingerprint density at radius 1 is 1.69 bits per heavy atom. The number of nitrogens with one attached hydrogen (secondary N) is 1. The number of methoxy groups -OCH3 is 1. The molecule has 1 aromatic rings. The monoisotopic (exact) mass is 304 g/mol. The summed E-state index contributed by atoms with van der Waals surface area (Å²) in [5, 5.41) is 2.77. The number of nitrogens with zero attached hydrogens (tertiary/aromatic N) is 1. The van der Waals surface area contributed by atoms with Crippen LogP contribution in [0.15, 0.2) is 16.7 Å². The molecule has 1 heterocycles. The van der Waals surface area contributed by atoms with Crippen LogP contribution in [0.25, 0.3) is 0 Å². The molecule has 0 aliphatic rings. The molecule has 16 heavy (non-hydrogen) atoms. The van der Waals surface area contributed by atoms with Crippen LogP contribution < -0.4 is 10.1 Å². The highest BCUT2D eigenvalue weighted by Crippen LogP contribution is 2.19. The van der Waals surface area contributed by atoms with E-state index in [-0.39, 0.29) is 5.91 Å². The third-order valence-corrected chi connectivity index (χ3v) is 2.56. The standard InChI is InChI=1S/C10H13BrN2O2S/c1-15-10-7(4-8(11)6-13-10)5-12-9(14)2-3-16/h4,6,16H,2-3,5H2,1H3,(H,12,14). The van der Waals surface area contributed by atoms with Crippen molar-refractivity contribution in [2.24, 2.45) is 0 Å². The molecule has 0 saturated carbocycles. The van der Waals surface area contributed by atoms with Gasteiger partial charge in [0.2, 0.25) is 11.8 Å². The summed E-state index contributed by atoms with van der Waals surface area (Å²) in [6.45, 7) is 0.405. The van der Waals surface area contributed by atoms with E-state index in [1.165, 1.54) is 0 Å². The summed E-state index contributed by atoms with van der Waals surface area (Å²) in [4.78, 5) is 15.4. The van der Waals surface area contributed by atoms with Crippen molar-refractivity contribution in [1.29, 1.82) is 0 Å². The molecule has 0 aliphatic heterocycles. The predicted octanol–water partition coefficient (Wildman–Crippen LogP) is 1.79. The molecule has 0 aromatic carbocycles. The Labute approximate surface area is 108 Å². The Hall–Kier alpha value is -0.750. The minimum Gasteiger partial charge on any atom is -0.481 e. The lowest BCUT2D eigenvalue weighted by Crippen LogP contribution is -2.23. The number of halogens is 1. The van der Waals surface area contributed by atoms with Gasteiger partial charge in [-0.1, -0.05) is 0 Å². The van der Waals surface area contributed by atoms with Crippen LogP contribution in [-0.4, -0.2) is 23.8 Å². The van der Waals surface area contributed by atoms with Crippen molar-refractivity contribution < 1.29 is 9.53 Å². The Kier molecular flexibility index (Phi) is 5.62. The minimum atomic E-state index is -0.0305. The first-order valence-electron chi connectivity index (χ1n) is 4.73. The van der Waals surface area contributed by atoms with Gasteiger partial charge in [-0.25, -0.2) is 4.98 Å². The van der Waals surface area contributed by atoms with Crippen molar-refractivity contribution in [3.05, 3.63) is 22.3 Å². The normalized spacial score (nSPS) is 9.94. The molecule has 4 nitrogen and oxygen atoms in total. The van der Waals surface area contributed by atoms with Crippen LogP contribution in [0, 0.1) is 0 Å². The summed E-state index contributed by atoms with van der Waals surface area (Å²) in [5.74, 6) is 1.03. The predicted molar refractivity (Wildman–Crippen MR) is 68.8 cm³/mol. The Morgan fingerprint density at radius 2 is 2.44 bits per heavy atom. The maximum absolute atomic E-state index is 11.3. The average Bonchev–Trinajstić information content (AvgIpc) is 2.27. The summed E-state index contributed by atoms with van der Waals surface area (Å²) in [6, 6.07) is 1.87. The number of thiol groups is 1. The number of aromatic nitrogens is 1. The second-order valence-electron chi connectivity index (χ2n) is 3.07. The molecule has 0 bridgehead atoms. The Morgan fingerprint density at radius 3 is 3.06 bits per heavy atom. The zero-order chi connectivity index (χ0) is 12.0. The highest BCUT2D eigenvalue weighted by atomic mass is 79.9. The van der Waals surface area contributed by atoms with Crippen LogP contribution in [0.4, 0.5) is 0 Å². The van der Waals surface area contributed by atoms with Gasteiger partial charge in [0.1, 0.15) is 0 Å². The Bertz CT molecular complexity index is 374. The van der Waals surface area contributed by atoms with Crippen molar-refractivity contribution >= 4 is 34.5 Å². The lowest BCUT2D eigenvalue weighted by Gasteiger charge is -2.08. The number of pyridine rings is 1. The van der Waals surface area contributed by atoms with E-state index in [0.29, 0.717) is 24.6 Å². The van der Waals surface area contributed by atoms with Gasteiger partial charge < -0.3 is 10.1 Å². The van der Waals surface area contributed by atoms with Crippen molar-refractivity contribution in [3.63, 3.8) is 0 Å². The van der Waals surface area contributed by atoms with Crippen LogP contribution >= 0.6 is 28.6 Å². The molecule has 0 unspecified atom stereocenters. The fourth-order valence-electron chi connectivity index (χ4n) is 1.16. The van der Waals surface area contributed by atoms with E-state index < -0.39 is 0 Å². The van der Waals surface area contributed by atoms with Crippen molar-refractivity contribution in [1.82, 2.24) is 10.3 Å². The summed E-state index contributed by atoms with van der Waals surface area (Å²) < 4.78 is 5.95. The highest BCUT2D eigenvalue weighted by Gasteiger charge is 2.06. The topological polar surface area (TPSA) is 51.2 Å². The fourth-order valence-corrected chi connectivity index (χ4v) is 1.74. The molecule has 1 aromatic heterocycles. The van der Waals surface area contributed by atoms with Crippen LogP contribution in [0.3, 0.4) is 0 Å². The molecule has 0 aliphatic carbocycles. The first-order valence-corrected chi connectivity index (χ1v) is 6.16. The summed E-state index contributed by atoms with van der Waals surface area (Å²) in [5.41, 5.74) is 0.837. The lowest BCUT2D eigenvalue weighted by molar-refractivity contribution is -0.120. The highest BCUT2D eigenvalue weighted by molar-refractivity contribution is 9.10. The molecule has 6 heteroatoms. The minimum absolute atomic E-state index is 0.0305. The van der Waals surface area contributed by atoms with Crippen LogP contribution in [0.5, 0.6) is 5.88 Å². The number of ether oxygens (including phenoxy) is 1. The average molecular weight is 305 g/mol. The smallest absolute Gasteiger partial charge is 0.221 e. The number of hydrogen-bond donors (Lipinski definition) is 2. The van der Waals surface area contributed by atoms with Gasteiger partial charge in [-0.3, -0.25) is 4.79 Å². The zero-order valence-electron chi connectivity index (χ0n) is 8.86. The van der Waals surface area contributed by atoms with E-state index in [9.17, 15) is 4.79 Å². The molecule has 1 amide bonds. The van der Waals surface area contributed by atoms with E-state index in [1.54, 1.807) is 13.3 Å². The van der Waals surface area contributed by atoms with Gasteiger partial charge in [-0.2, -0.15) is 12.6 Å². The van der Waals surface area contributed by atoms with Gasteiger partial charge in [0.15, 0.2) is 0 Å². The maximum Gasteiger partial charge on any atom is 0.221 e. The molecule has 1 rings (SSSR count). The van der Waals surface area contributed by atoms with Crippen molar-refractivity contribution in [2.45, 2.75) is 13.0 Å². The summed E-state index contributed by atoms with van der Waals surface area (Å²) in [6.07, 6.45) is 2.06. The largest absolute Gasteiger partial charge is 0.481 e. The fraction of sp³-hybridized carbons (Fsp3) is 0.400. The first-order chi connectivity index (χ1) is 7.67.